The number of nitrogens with zero attached hydrogens (tertiary/aromatic N) is 2. The third-order valence-corrected chi connectivity index (χ3v) is 8.37. The minimum atomic E-state index is -4.80. The predicted octanol–water partition coefficient (Wildman–Crippen LogP) is 6.21. The quantitative estimate of drug-likeness (QED) is 0.264. The maximum Gasteiger partial charge on any atom is 0.416 e. The Morgan fingerprint density at radius 1 is 0.905 bits per heavy atom. The van der Waals surface area contributed by atoms with Crippen molar-refractivity contribution in [1.82, 2.24) is 10.2 Å². The fourth-order valence-electron chi connectivity index (χ4n) is 4.16. The van der Waals surface area contributed by atoms with Gasteiger partial charge in [0.05, 0.1) is 32.6 Å². The normalized spacial score (nSPS) is 12.5. The lowest BCUT2D eigenvalue weighted by atomic mass is 10.0. The Hall–Kier alpha value is -2.99. The fraction of sp³-hybridized carbons (Fsp3) is 0.286. The van der Waals surface area contributed by atoms with Crippen LogP contribution >= 0.6 is 34.8 Å². The number of hydrogen-bond acceptors (Lipinski definition) is 4. The molecule has 0 saturated heterocycles. The van der Waals surface area contributed by atoms with E-state index >= 15 is 0 Å². The smallest absolute Gasteiger partial charge is 0.355 e. The first-order valence-corrected chi connectivity index (χ1v) is 15.5. The van der Waals surface area contributed by atoms with Gasteiger partial charge in [-0.15, -0.1) is 0 Å². The maximum atomic E-state index is 14.0. The van der Waals surface area contributed by atoms with Crippen LogP contribution in [0, 0.1) is 0 Å². The first-order chi connectivity index (χ1) is 19.6. The summed E-state index contributed by atoms with van der Waals surface area (Å²) in [4.78, 5) is 28.5. The number of halogens is 6. The van der Waals surface area contributed by atoms with Crippen LogP contribution in [0.25, 0.3) is 0 Å². The lowest BCUT2D eigenvalue weighted by Crippen LogP contribution is -2.53. The molecule has 0 aliphatic heterocycles. The van der Waals surface area contributed by atoms with Crippen molar-refractivity contribution in [3.05, 3.63) is 98.5 Å². The van der Waals surface area contributed by atoms with Gasteiger partial charge in [-0.1, -0.05) is 71.2 Å². The third kappa shape index (κ3) is 8.76. The molecular formula is C28H27Cl3F3N3O4S. The molecule has 3 aromatic rings. The third-order valence-electron chi connectivity index (χ3n) is 6.18. The van der Waals surface area contributed by atoms with Crippen LogP contribution in [0.15, 0.2) is 66.7 Å². The molecule has 14 heteroatoms. The molecule has 7 nitrogen and oxygen atoms in total. The Kier molecular flexibility index (Phi) is 11.2. The second kappa shape index (κ2) is 14.0. The van der Waals surface area contributed by atoms with Gasteiger partial charge in [0.2, 0.25) is 21.8 Å². The summed E-state index contributed by atoms with van der Waals surface area (Å²) in [5.74, 6) is -1.38. The van der Waals surface area contributed by atoms with Gasteiger partial charge in [0, 0.05) is 19.5 Å². The number of carbonyl (C=O) groups is 2. The van der Waals surface area contributed by atoms with E-state index in [1.165, 1.54) is 12.1 Å². The second-order valence-corrected chi connectivity index (χ2v) is 12.4. The standard InChI is InChI=1S/C28H27Cl3F3N3O4S/c1-3-35-27(39)25(14-18-7-5-4-6-8-18)36(16-19-9-11-21(29)23(31)13-19)26(38)17-37(42(2,40)41)24-15-20(28(32,33)34)10-12-22(24)30/h4-13,15,25H,3,14,16-17H2,1-2H3,(H,35,39)/t25-/m0/s1. The number of rotatable bonds is 11. The van der Waals surface area contributed by atoms with Gasteiger partial charge < -0.3 is 10.2 Å². The first kappa shape index (κ1) is 33.5. The van der Waals surface area contributed by atoms with Crippen molar-refractivity contribution in [1.29, 1.82) is 0 Å². The van der Waals surface area contributed by atoms with Gasteiger partial charge in [-0.25, -0.2) is 8.42 Å². The summed E-state index contributed by atoms with van der Waals surface area (Å²) < 4.78 is 66.6. The highest BCUT2D eigenvalue weighted by molar-refractivity contribution is 7.92. The van der Waals surface area contributed by atoms with Crippen molar-refractivity contribution < 1.29 is 31.2 Å². The number of hydrogen-bond donors (Lipinski definition) is 1. The number of benzene rings is 3. The van der Waals surface area contributed by atoms with E-state index in [1.807, 2.05) is 0 Å². The van der Waals surface area contributed by atoms with Gasteiger partial charge in [0.25, 0.3) is 0 Å². The molecule has 0 fully saturated rings. The van der Waals surface area contributed by atoms with E-state index in [1.54, 1.807) is 43.3 Å². The highest BCUT2D eigenvalue weighted by atomic mass is 35.5. The van der Waals surface area contributed by atoms with Gasteiger partial charge in [-0.3, -0.25) is 13.9 Å². The van der Waals surface area contributed by atoms with Crippen LogP contribution in [0.5, 0.6) is 0 Å². The minimum Gasteiger partial charge on any atom is -0.355 e. The Morgan fingerprint density at radius 3 is 2.12 bits per heavy atom. The molecule has 0 aromatic heterocycles. The zero-order valence-electron chi connectivity index (χ0n) is 22.5. The number of amides is 2. The van der Waals surface area contributed by atoms with Gasteiger partial charge in [0.1, 0.15) is 12.6 Å². The molecule has 0 bridgehead atoms. The molecule has 1 N–H and O–H groups in total. The van der Waals surface area contributed by atoms with Crippen molar-refractivity contribution in [2.45, 2.75) is 32.1 Å². The van der Waals surface area contributed by atoms with Crippen LogP contribution < -0.4 is 9.62 Å². The zero-order chi connectivity index (χ0) is 31.2. The van der Waals surface area contributed by atoms with Crippen molar-refractivity contribution in [3.63, 3.8) is 0 Å². The van der Waals surface area contributed by atoms with E-state index in [-0.39, 0.29) is 34.6 Å². The molecule has 0 radical (unpaired) electrons. The van der Waals surface area contributed by atoms with E-state index < -0.39 is 51.9 Å². The van der Waals surface area contributed by atoms with Crippen LogP contribution in [0.4, 0.5) is 18.9 Å². The monoisotopic (exact) mass is 663 g/mol. The van der Waals surface area contributed by atoms with E-state index in [0.717, 1.165) is 17.2 Å². The zero-order valence-corrected chi connectivity index (χ0v) is 25.5. The van der Waals surface area contributed by atoms with Crippen molar-refractivity contribution in [2.24, 2.45) is 0 Å². The Morgan fingerprint density at radius 2 is 1.55 bits per heavy atom. The molecule has 0 aliphatic carbocycles. The number of anilines is 1. The Labute approximate surface area is 257 Å². The van der Waals surface area contributed by atoms with Gasteiger partial charge in [0.15, 0.2) is 0 Å². The average Bonchev–Trinajstić information content (AvgIpc) is 2.91. The molecule has 3 aromatic carbocycles. The van der Waals surface area contributed by atoms with E-state index in [4.69, 9.17) is 34.8 Å². The van der Waals surface area contributed by atoms with Gasteiger partial charge >= 0.3 is 6.18 Å². The number of nitrogens with one attached hydrogen (secondary N) is 1. The van der Waals surface area contributed by atoms with Crippen LogP contribution in [-0.4, -0.2) is 50.5 Å². The summed E-state index contributed by atoms with van der Waals surface area (Å²) in [6, 6.07) is 14.5. The van der Waals surface area contributed by atoms with Crippen LogP contribution in [-0.2, 0) is 38.8 Å². The summed E-state index contributed by atoms with van der Waals surface area (Å²) in [7, 11) is -4.34. The molecule has 3 rings (SSSR count). The number of carbonyl (C=O) groups excluding carboxylic acids is 2. The van der Waals surface area contributed by atoms with Crippen LogP contribution in [0.1, 0.15) is 23.6 Å². The molecule has 0 aliphatic rings. The van der Waals surface area contributed by atoms with E-state index in [2.05, 4.69) is 5.32 Å². The van der Waals surface area contributed by atoms with Crippen molar-refractivity contribution >= 4 is 62.3 Å². The lowest BCUT2D eigenvalue weighted by molar-refractivity contribution is -0.140. The van der Waals surface area contributed by atoms with Crippen LogP contribution in [0.3, 0.4) is 0 Å². The minimum absolute atomic E-state index is 0.0585. The fourth-order valence-corrected chi connectivity index (χ4v) is 5.60. The molecule has 42 heavy (non-hydrogen) atoms. The van der Waals surface area contributed by atoms with Gasteiger partial charge in [-0.05, 0) is 48.4 Å². The van der Waals surface area contributed by atoms with E-state index in [0.29, 0.717) is 27.6 Å². The lowest BCUT2D eigenvalue weighted by Gasteiger charge is -2.33. The van der Waals surface area contributed by atoms with Crippen molar-refractivity contribution in [2.75, 3.05) is 23.7 Å². The largest absolute Gasteiger partial charge is 0.416 e. The molecule has 0 heterocycles. The number of likely N-dealkylation sites (N-methyl/N-ethyl adjacent to an activating group) is 1. The first-order valence-electron chi connectivity index (χ1n) is 12.5. The number of alkyl halides is 3. The Balaban J connectivity index is 2.12. The highest BCUT2D eigenvalue weighted by Crippen LogP contribution is 2.36. The molecule has 0 saturated carbocycles. The summed E-state index contributed by atoms with van der Waals surface area (Å²) >= 11 is 18.4. The van der Waals surface area contributed by atoms with E-state index in [9.17, 15) is 31.2 Å². The van der Waals surface area contributed by atoms with Gasteiger partial charge in [-0.2, -0.15) is 13.2 Å². The van der Waals surface area contributed by atoms with Crippen LogP contribution in [0.2, 0.25) is 15.1 Å². The molecule has 2 amide bonds. The summed E-state index contributed by atoms with van der Waals surface area (Å²) in [6.45, 7) is 0.808. The summed E-state index contributed by atoms with van der Waals surface area (Å²) in [5, 5.41) is 2.82. The molecule has 0 unspecified atom stereocenters. The average molecular weight is 665 g/mol. The number of sulfonamides is 1. The topological polar surface area (TPSA) is 86.8 Å². The SMILES string of the molecule is CCNC(=O)[C@H](Cc1ccccc1)N(Cc1ccc(Cl)c(Cl)c1)C(=O)CN(c1cc(C(F)(F)F)ccc1Cl)S(C)(=O)=O. The predicted molar refractivity (Wildman–Crippen MR) is 158 cm³/mol. The molecular weight excluding hydrogens is 638 g/mol. The molecule has 1 atom stereocenters. The second-order valence-electron chi connectivity index (χ2n) is 9.30. The van der Waals surface area contributed by atoms with Crippen molar-refractivity contribution in [3.8, 4) is 0 Å². The summed E-state index contributed by atoms with van der Waals surface area (Å²) in [6.07, 6.45) is -4.00. The Bertz CT molecular complexity index is 1540. The molecule has 0 spiro atoms. The maximum absolute atomic E-state index is 14.0. The highest BCUT2D eigenvalue weighted by Gasteiger charge is 2.35. The summed E-state index contributed by atoms with van der Waals surface area (Å²) in [5.41, 5.74) is -0.501. The molecule has 226 valence electrons.